The smallest absolute Gasteiger partial charge is 0.119 e. The molecule has 2 aromatic carbocycles. The molecule has 0 bridgehead atoms. The molecule has 0 aliphatic carbocycles. The molecule has 0 atom stereocenters. The zero-order valence-corrected chi connectivity index (χ0v) is 17.9. The number of aryl methyl sites for hydroxylation is 1. The summed E-state index contributed by atoms with van der Waals surface area (Å²) < 4.78 is 5.88. The third kappa shape index (κ3) is 6.45. The van der Waals surface area contributed by atoms with Crippen LogP contribution in [0.15, 0.2) is 66.9 Å². The summed E-state index contributed by atoms with van der Waals surface area (Å²) in [6.45, 7) is 5.23. The van der Waals surface area contributed by atoms with Crippen LogP contribution in [0.1, 0.15) is 57.9 Å². The van der Waals surface area contributed by atoms with E-state index in [4.69, 9.17) is 4.74 Å². The van der Waals surface area contributed by atoms with Gasteiger partial charge < -0.3 is 4.74 Å². The van der Waals surface area contributed by atoms with Crippen LogP contribution < -0.4 is 4.74 Å². The molecule has 0 fully saturated rings. The van der Waals surface area contributed by atoms with Crippen molar-refractivity contribution in [2.45, 2.75) is 58.8 Å². The Balaban J connectivity index is 1.51. The van der Waals surface area contributed by atoms with Crippen LogP contribution in [0.25, 0.3) is 22.4 Å². The highest BCUT2D eigenvalue weighted by atomic mass is 16.5. The standard InChI is InChI=1S/C27H33NO/c1-3-5-6-7-8-9-20-29-26-17-14-24(15-18-26)27-19-16-25(21-28-27)23-12-10-22(4-2)11-13-23/h10-19,21H,3-9,20H2,1-2H3. The van der Waals surface area contributed by atoms with E-state index in [0.29, 0.717) is 0 Å². The van der Waals surface area contributed by atoms with Crippen molar-refractivity contribution in [3.05, 3.63) is 72.4 Å². The molecule has 0 aliphatic heterocycles. The molecule has 0 amide bonds. The largest absolute Gasteiger partial charge is 0.494 e. The van der Waals surface area contributed by atoms with E-state index in [1.807, 2.05) is 18.3 Å². The van der Waals surface area contributed by atoms with Gasteiger partial charge in [0.05, 0.1) is 12.3 Å². The Kier molecular flexibility index (Phi) is 8.30. The number of hydrogen-bond acceptors (Lipinski definition) is 2. The number of ether oxygens (including phenoxy) is 1. The maximum Gasteiger partial charge on any atom is 0.119 e. The molecule has 0 radical (unpaired) electrons. The van der Waals surface area contributed by atoms with Gasteiger partial charge in [-0.3, -0.25) is 4.98 Å². The van der Waals surface area contributed by atoms with Crippen molar-refractivity contribution >= 4 is 0 Å². The van der Waals surface area contributed by atoms with Gasteiger partial charge in [0, 0.05) is 17.3 Å². The van der Waals surface area contributed by atoms with E-state index in [2.05, 4.69) is 67.4 Å². The lowest BCUT2D eigenvalue weighted by atomic mass is 10.0. The third-order valence-electron chi connectivity index (χ3n) is 5.38. The van der Waals surface area contributed by atoms with Crippen LogP contribution >= 0.6 is 0 Å². The maximum absolute atomic E-state index is 5.88. The highest BCUT2D eigenvalue weighted by Crippen LogP contribution is 2.24. The molecular weight excluding hydrogens is 354 g/mol. The van der Waals surface area contributed by atoms with Crippen LogP contribution in [0.4, 0.5) is 0 Å². The van der Waals surface area contributed by atoms with Crippen molar-refractivity contribution in [1.29, 1.82) is 0 Å². The number of pyridine rings is 1. The molecule has 29 heavy (non-hydrogen) atoms. The first-order chi connectivity index (χ1) is 14.3. The number of nitrogens with zero attached hydrogens (tertiary/aromatic N) is 1. The minimum atomic E-state index is 0.801. The average molecular weight is 388 g/mol. The molecule has 0 saturated carbocycles. The summed E-state index contributed by atoms with van der Waals surface area (Å²) in [5, 5.41) is 0. The van der Waals surface area contributed by atoms with Crippen LogP contribution in [0.3, 0.4) is 0 Å². The van der Waals surface area contributed by atoms with Crippen LogP contribution in [0.2, 0.25) is 0 Å². The fourth-order valence-electron chi connectivity index (χ4n) is 3.46. The van der Waals surface area contributed by atoms with E-state index in [9.17, 15) is 0 Å². The molecule has 3 rings (SSSR count). The van der Waals surface area contributed by atoms with Gasteiger partial charge in [-0.2, -0.15) is 0 Å². The zero-order chi connectivity index (χ0) is 20.3. The predicted octanol–water partition coefficient (Wildman–Crippen LogP) is 7.72. The molecule has 1 aromatic heterocycles. The Hall–Kier alpha value is -2.61. The maximum atomic E-state index is 5.88. The van der Waals surface area contributed by atoms with Crippen LogP contribution in [-0.4, -0.2) is 11.6 Å². The van der Waals surface area contributed by atoms with Crippen LogP contribution in [-0.2, 0) is 6.42 Å². The second-order valence-electron chi connectivity index (χ2n) is 7.62. The molecule has 0 spiro atoms. The minimum Gasteiger partial charge on any atom is -0.494 e. The normalized spacial score (nSPS) is 10.8. The Morgan fingerprint density at radius 2 is 1.31 bits per heavy atom. The predicted molar refractivity (Wildman–Crippen MR) is 123 cm³/mol. The molecule has 2 nitrogen and oxygen atoms in total. The van der Waals surface area contributed by atoms with Gasteiger partial charge in [-0.15, -0.1) is 0 Å². The first-order valence-electron chi connectivity index (χ1n) is 11.1. The average Bonchev–Trinajstić information content (AvgIpc) is 2.79. The van der Waals surface area contributed by atoms with Crippen molar-refractivity contribution in [3.63, 3.8) is 0 Å². The molecule has 152 valence electrons. The fraction of sp³-hybridized carbons (Fsp3) is 0.370. The van der Waals surface area contributed by atoms with Crippen molar-refractivity contribution < 1.29 is 4.74 Å². The first kappa shape index (κ1) is 21.1. The Bertz CT molecular complexity index is 835. The van der Waals surface area contributed by atoms with Gasteiger partial charge in [-0.25, -0.2) is 0 Å². The first-order valence-corrected chi connectivity index (χ1v) is 11.1. The number of hydrogen-bond donors (Lipinski definition) is 0. The summed E-state index contributed by atoms with van der Waals surface area (Å²) in [6.07, 6.45) is 10.7. The molecule has 1 heterocycles. The second kappa shape index (κ2) is 11.4. The molecule has 0 aliphatic rings. The lowest BCUT2D eigenvalue weighted by Crippen LogP contribution is -1.97. The third-order valence-corrected chi connectivity index (χ3v) is 5.38. The van der Waals surface area contributed by atoms with Gasteiger partial charge >= 0.3 is 0 Å². The topological polar surface area (TPSA) is 22.1 Å². The van der Waals surface area contributed by atoms with Crippen molar-refractivity contribution in [2.75, 3.05) is 6.61 Å². The van der Waals surface area contributed by atoms with Crippen molar-refractivity contribution in [3.8, 4) is 28.1 Å². The van der Waals surface area contributed by atoms with Crippen molar-refractivity contribution in [2.24, 2.45) is 0 Å². The quantitative estimate of drug-likeness (QED) is 0.314. The molecule has 3 aromatic rings. The van der Waals surface area contributed by atoms with E-state index < -0.39 is 0 Å². The molecular formula is C27H33NO. The van der Waals surface area contributed by atoms with Gasteiger partial charge in [0.25, 0.3) is 0 Å². The van der Waals surface area contributed by atoms with Crippen molar-refractivity contribution in [1.82, 2.24) is 4.98 Å². The molecule has 0 unspecified atom stereocenters. The second-order valence-corrected chi connectivity index (χ2v) is 7.62. The van der Waals surface area contributed by atoms with Gasteiger partial charge in [0.1, 0.15) is 5.75 Å². The van der Waals surface area contributed by atoms with E-state index in [0.717, 1.165) is 42.0 Å². The molecule has 0 N–H and O–H groups in total. The Morgan fingerprint density at radius 1 is 0.655 bits per heavy atom. The fourth-order valence-corrected chi connectivity index (χ4v) is 3.46. The lowest BCUT2D eigenvalue weighted by molar-refractivity contribution is 0.304. The van der Waals surface area contributed by atoms with Gasteiger partial charge in [0.15, 0.2) is 0 Å². The Labute approximate surface area is 176 Å². The zero-order valence-electron chi connectivity index (χ0n) is 17.9. The van der Waals surface area contributed by atoms with Gasteiger partial charge in [0.2, 0.25) is 0 Å². The SMILES string of the molecule is CCCCCCCCOc1ccc(-c2ccc(-c3ccc(CC)cc3)cn2)cc1. The van der Waals surface area contributed by atoms with E-state index in [1.54, 1.807) is 0 Å². The number of rotatable bonds is 11. The number of benzene rings is 2. The Morgan fingerprint density at radius 3 is 1.97 bits per heavy atom. The number of unbranched alkanes of at least 4 members (excludes halogenated alkanes) is 5. The highest BCUT2D eigenvalue weighted by molar-refractivity contribution is 5.67. The summed E-state index contributed by atoms with van der Waals surface area (Å²) in [5.41, 5.74) is 5.82. The van der Waals surface area contributed by atoms with Gasteiger partial charge in [-0.05, 0) is 54.3 Å². The summed E-state index contributed by atoms with van der Waals surface area (Å²) in [5.74, 6) is 0.940. The highest BCUT2D eigenvalue weighted by Gasteiger charge is 2.03. The monoisotopic (exact) mass is 387 g/mol. The van der Waals surface area contributed by atoms with E-state index >= 15 is 0 Å². The minimum absolute atomic E-state index is 0.801. The van der Waals surface area contributed by atoms with E-state index in [-0.39, 0.29) is 0 Å². The van der Waals surface area contributed by atoms with Crippen LogP contribution in [0, 0.1) is 0 Å². The summed E-state index contributed by atoms with van der Waals surface area (Å²) >= 11 is 0. The summed E-state index contributed by atoms with van der Waals surface area (Å²) in [4.78, 5) is 4.67. The summed E-state index contributed by atoms with van der Waals surface area (Å²) in [7, 11) is 0. The molecule has 0 saturated heterocycles. The summed E-state index contributed by atoms with van der Waals surface area (Å²) in [6, 6.07) is 21.2. The molecule has 2 heteroatoms. The van der Waals surface area contributed by atoms with Gasteiger partial charge in [-0.1, -0.05) is 76.3 Å². The van der Waals surface area contributed by atoms with Crippen LogP contribution in [0.5, 0.6) is 5.75 Å². The lowest BCUT2D eigenvalue weighted by Gasteiger charge is -2.08. The van der Waals surface area contributed by atoms with E-state index in [1.165, 1.54) is 43.2 Å². The number of aromatic nitrogens is 1.